The van der Waals surface area contributed by atoms with Gasteiger partial charge in [-0.3, -0.25) is 4.79 Å². The number of carboxylic acid groups (broad SMARTS) is 1. The maximum atomic E-state index is 12.9. The summed E-state index contributed by atoms with van der Waals surface area (Å²) in [5.41, 5.74) is 3.30. The predicted molar refractivity (Wildman–Crippen MR) is 126 cm³/mol. The zero-order valence-corrected chi connectivity index (χ0v) is 19.3. The third-order valence-corrected chi connectivity index (χ3v) is 6.00. The number of hydrogen-bond acceptors (Lipinski definition) is 6. The SMILES string of the molecule is Cc1cc(Nc2nccc(C(F)F)n2)cc(-c2cnc([C@H](C)C3CCCCC3)nc2)c1.O=CO. The highest BCUT2D eigenvalue weighted by Crippen LogP contribution is 2.34. The lowest BCUT2D eigenvalue weighted by Gasteiger charge is -2.26. The number of aryl methyl sites for hydroxylation is 1. The summed E-state index contributed by atoms with van der Waals surface area (Å²) in [4.78, 5) is 25.6. The van der Waals surface area contributed by atoms with Gasteiger partial charge in [-0.15, -0.1) is 0 Å². The van der Waals surface area contributed by atoms with Crippen LogP contribution in [0.25, 0.3) is 11.1 Å². The van der Waals surface area contributed by atoms with Crippen molar-refractivity contribution in [2.45, 2.75) is 58.3 Å². The van der Waals surface area contributed by atoms with Crippen molar-refractivity contribution >= 4 is 18.1 Å². The van der Waals surface area contributed by atoms with E-state index in [0.29, 0.717) is 11.8 Å². The van der Waals surface area contributed by atoms with Crippen molar-refractivity contribution in [3.05, 3.63) is 59.9 Å². The molecule has 3 aromatic rings. The van der Waals surface area contributed by atoms with E-state index in [1.54, 1.807) is 0 Å². The number of halogens is 2. The Morgan fingerprint density at radius 2 is 1.74 bits per heavy atom. The van der Waals surface area contributed by atoms with Gasteiger partial charge < -0.3 is 10.4 Å². The molecule has 0 amide bonds. The molecule has 2 heterocycles. The highest BCUT2D eigenvalue weighted by atomic mass is 19.3. The van der Waals surface area contributed by atoms with E-state index in [0.717, 1.165) is 28.2 Å². The van der Waals surface area contributed by atoms with Crippen LogP contribution in [0, 0.1) is 12.8 Å². The summed E-state index contributed by atoms with van der Waals surface area (Å²) in [6, 6.07) is 7.10. The number of benzene rings is 1. The van der Waals surface area contributed by atoms with Crippen molar-refractivity contribution in [1.29, 1.82) is 0 Å². The van der Waals surface area contributed by atoms with Crippen LogP contribution in [-0.2, 0) is 4.79 Å². The summed E-state index contributed by atoms with van der Waals surface area (Å²) in [6.07, 6.45) is 8.89. The number of anilines is 2. The molecule has 1 aliphatic rings. The lowest BCUT2D eigenvalue weighted by atomic mass is 9.80. The van der Waals surface area contributed by atoms with Gasteiger partial charge in [0.15, 0.2) is 0 Å². The molecule has 0 saturated heterocycles. The molecule has 0 unspecified atom stereocenters. The van der Waals surface area contributed by atoms with Crippen LogP contribution >= 0.6 is 0 Å². The second-order valence-corrected chi connectivity index (χ2v) is 8.44. The Balaban J connectivity index is 0.00000103. The summed E-state index contributed by atoms with van der Waals surface area (Å²) in [5, 5.41) is 9.92. The minimum absolute atomic E-state index is 0.141. The summed E-state index contributed by atoms with van der Waals surface area (Å²) in [5.74, 6) is 2.07. The molecule has 9 heteroatoms. The molecule has 0 radical (unpaired) electrons. The first-order chi connectivity index (χ1) is 16.4. The van der Waals surface area contributed by atoms with Crippen LogP contribution in [0.2, 0.25) is 0 Å². The molecule has 2 N–H and O–H groups in total. The summed E-state index contributed by atoms with van der Waals surface area (Å²) >= 11 is 0. The monoisotopic (exact) mass is 469 g/mol. The fourth-order valence-corrected chi connectivity index (χ4v) is 4.27. The Bertz CT molecular complexity index is 1070. The normalized spacial score (nSPS) is 14.7. The largest absolute Gasteiger partial charge is 0.483 e. The van der Waals surface area contributed by atoms with Crippen LogP contribution in [0.4, 0.5) is 20.4 Å². The van der Waals surface area contributed by atoms with Gasteiger partial charge in [-0.1, -0.05) is 32.3 Å². The molecular weight excluding hydrogens is 440 g/mol. The molecule has 1 atom stereocenters. The molecule has 34 heavy (non-hydrogen) atoms. The Morgan fingerprint density at radius 3 is 2.38 bits per heavy atom. The number of rotatable bonds is 6. The van der Waals surface area contributed by atoms with Gasteiger partial charge in [-0.25, -0.2) is 28.7 Å². The maximum absolute atomic E-state index is 12.9. The molecule has 180 valence electrons. The van der Waals surface area contributed by atoms with E-state index in [2.05, 4.69) is 32.2 Å². The van der Waals surface area contributed by atoms with Crippen molar-refractivity contribution in [1.82, 2.24) is 19.9 Å². The molecule has 1 saturated carbocycles. The van der Waals surface area contributed by atoms with Crippen molar-refractivity contribution < 1.29 is 18.7 Å². The van der Waals surface area contributed by atoms with Gasteiger partial charge >= 0.3 is 0 Å². The van der Waals surface area contributed by atoms with Crippen LogP contribution in [0.3, 0.4) is 0 Å². The third-order valence-electron chi connectivity index (χ3n) is 6.00. The van der Waals surface area contributed by atoms with Gasteiger partial charge in [-0.2, -0.15) is 0 Å². The zero-order valence-electron chi connectivity index (χ0n) is 19.3. The van der Waals surface area contributed by atoms with Crippen LogP contribution in [0.15, 0.2) is 42.9 Å². The summed E-state index contributed by atoms with van der Waals surface area (Å²) in [7, 11) is 0. The fourth-order valence-electron chi connectivity index (χ4n) is 4.27. The van der Waals surface area contributed by atoms with E-state index >= 15 is 0 Å². The van der Waals surface area contributed by atoms with Crippen LogP contribution in [-0.4, -0.2) is 31.5 Å². The van der Waals surface area contributed by atoms with Crippen LogP contribution in [0.5, 0.6) is 0 Å². The molecule has 4 rings (SSSR count). The van der Waals surface area contributed by atoms with E-state index in [1.165, 1.54) is 44.4 Å². The molecule has 1 aromatic carbocycles. The van der Waals surface area contributed by atoms with Crippen molar-refractivity contribution in [3.8, 4) is 11.1 Å². The number of carbonyl (C=O) groups is 1. The van der Waals surface area contributed by atoms with E-state index in [1.807, 2.05) is 37.5 Å². The molecule has 1 aliphatic carbocycles. The van der Waals surface area contributed by atoms with E-state index < -0.39 is 6.43 Å². The Morgan fingerprint density at radius 1 is 1.06 bits per heavy atom. The first-order valence-corrected chi connectivity index (χ1v) is 11.3. The Labute approximate surface area is 197 Å². The fraction of sp³-hybridized carbons (Fsp3) is 0.400. The minimum atomic E-state index is -2.64. The molecular formula is C25H29F2N5O2. The Hall–Kier alpha value is -3.49. The van der Waals surface area contributed by atoms with Gasteiger partial charge in [0.1, 0.15) is 11.5 Å². The average Bonchev–Trinajstić information content (AvgIpc) is 2.84. The van der Waals surface area contributed by atoms with Crippen molar-refractivity contribution in [3.63, 3.8) is 0 Å². The topological polar surface area (TPSA) is 101 Å². The molecule has 0 bridgehead atoms. The lowest BCUT2D eigenvalue weighted by Crippen LogP contribution is -2.16. The van der Waals surface area contributed by atoms with Gasteiger partial charge in [0.2, 0.25) is 5.95 Å². The molecule has 1 fully saturated rings. The smallest absolute Gasteiger partial charge is 0.290 e. The number of hydrogen-bond donors (Lipinski definition) is 2. The van der Waals surface area contributed by atoms with Crippen LogP contribution in [0.1, 0.15) is 68.5 Å². The first kappa shape index (κ1) is 25.1. The maximum Gasteiger partial charge on any atom is 0.290 e. The zero-order chi connectivity index (χ0) is 24.5. The summed E-state index contributed by atoms with van der Waals surface area (Å²) < 4.78 is 25.8. The number of nitrogens with zero attached hydrogens (tertiary/aromatic N) is 4. The van der Waals surface area contributed by atoms with Crippen molar-refractivity contribution in [2.75, 3.05) is 5.32 Å². The lowest BCUT2D eigenvalue weighted by molar-refractivity contribution is -0.122. The number of nitrogens with one attached hydrogen (secondary N) is 1. The van der Waals surface area contributed by atoms with Gasteiger partial charge in [0.25, 0.3) is 12.9 Å². The Kier molecular flexibility index (Phi) is 8.95. The summed E-state index contributed by atoms with van der Waals surface area (Å²) in [6.45, 7) is 3.96. The molecule has 7 nitrogen and oxygen atoms in total. The number of aromatic nitrogens is 4. The van der Waals surface area contributed by atoms with Crippen molar-refractivity contribution in [2.24, 2.45) is 5.92 Å². The minimum Gasteiger partial charge on any atom is -0.483 e. The number of alkyl halides is 2. The van der Waals surface area contributed by atoms with E-state index in [-0.39, 0.29) is 18.1 Å². The standard InChI is InChI=1S/C24H27F2N5.CH2O2/c1-15-10-18(12-20(11-15)30-24-27-9-8-21(31-24)22(25)26)19-13-28-23(29-14-19)16(2)17-6-4-3-5-7-17;2-1-3/h8-14,16-17,22H,3-7H2,1-2H3,(H,27,30,31);1H,(H,2,3)/t16-;/m1./s1. The first-order valence-electron chi connectivity index (χ1n) is 11.3. The van der Waals surface area contributed by atoms with Crippen LogP contribution < -0.4 is 5.32 Å². The molecule has 0 aliphatic heterocycles. The predicted octanol–water partition coefficient (Wildman–Crippen LogP) is 6.31. The average molecular weight is 470 g/mol. The van der Waals surface area contributed by atoms with Gasteiger partial charge in [-0.05, 0) is 55.0 Å². The molecule has 2 aromatic heterocycles. The molecule has 0 spiro atoms. The van der Waals surface area contributed by atoms with Gasteiger partial charge in [0, 0.05) is 35.8 Å². The second-order valence-electron chi connectivity index (χ2n) is 8.44. The highest BCUT2D eigenvalue weighted by molar-refractivity contribution is 5.70. The van der Waals surface area contributed by atoms with E-state index in [9.17, 15) is 8.78 Å². The third kappa shape index (κ3) is 6.76. The van der Waals surface area contributed by atoms with E-state index in [4.69, 9.17) is 9.90 Å². The van der Waals surface area contributed by atoms with Gasteiger partial charge in [0.05, 0.1) is 0 Å². The quantitative estimate of drug-likeness (QED) is 0.408. The highest BCUT2D eigenvalue weighted by Gasteiger charge is 2.23. The second kappa shape index (κ2) is 12.1.